The van der Waals surface area contributed by atoms with E-state index < -0.39 is 26.6 Å². The van der Waals surface area contributed by atoms with Crippen LogP contribution in [0, 0.1) is 11.6 Å². The van der Waals surface area contributed by atoms with Crippen LogP contribution >= 0.6 is 0 Å². The van der Waals surface area contributed by atoms with E-state index in [0.29, 0.717) is 34.1 Å². The number of nitrogens with zero attached hydrogens (tertiary/aromatic N) is 1. The highest BCUT2D eigenvalue weighted by molar-refractivity contribution is 7.89. The smallest absolute Gasteiger partial charge is 0.246 e. The van der Waals surface area contributed by atoms with Crippen molar-refractivity contribution < 1.29 is 36.1 Å². The average Bonchev–Trinajstić information content (AvgIpc) is 2.85. The zero-order chi connectivity index (χ0) is 24.9. The minimum Gasteiger partial charge on any atom is -0.497 e. The highest BCUT2D eigenvalue weighted by Crippen LogP contribution is 2.32. The Balaban J connectivity index is 2.11. The third-order valence-corrected chi connectivity index (χ3v) is 7.03. The van der Waals surface area contributed by atoms with E-state index in [2.05, 4.69) is 0 Å². The molecule has 0 saturated carbocycles. The summed E-state index contributed by atoms with van der Waals surface area (Å²) in [6, 6.07) is 12.8. The molecule has 0 fully saturated rings. The van der Waals surface area contributed by atoms with Crippen LogP contribution in [0.1, 0.15) is 11.1 Å². The largest absolute Gasteiger partial charge is 0.497 e. The van der Waals surface area contributed by atoms with Crippen LogP contribution in [-0.4, -0.2) is 41.2 Å². The molecule has 10 heteroatoms. The maximum absolute atomic E-state index is 14.6. The van der Waals surface area contributed by atoms with Crippen LogP contribution in [0.15, 0.2) is 59.5 Å². The van der Waals surface area contributed by atoms with Gasteiger partial charge in [0, 0.05) is 36.3 Å². The van der Waals surface area contributed by atoms with Crippen LogP contribution in [0.3, 0.4) is 0 Å². The second-order valence-corrected chi connectivity index (χ2v) is 9.09. The summed E-state index contributed by atoms with van der Waals surface area (Å²) in [6.45, 7) is -0.388. The van der Waals surface area contributed by atoms with E-state index in [1.807, 2.05) is 0 Å². The molecule has 0 atom stereocenters. The second kappa shape index (κ2) is 10.7. The first-order chi connectivity index (χ1) is 16.2. The Labute approximate surface area is 197 Å². The highest BCUT2D eigenvalue weighted by Gasteiger charge is 2.31. The van der Waals surface area contributed by atoms with E-state index in [4.69, 9.17) is 18.9 Å². The summed E-state index contributed by atoms with van der Waals surface area (Å²) in [6.07, 6.45) is 0. The van der Waals surface area contributed by atoms with Crippen molar-refractivity contribution in [1.29, 1.82) is 0 Å². The number of hydrogen-bond acceptors (Lipinski definition) is 6. The van der Waals surface area contributed by atoms with Crippen molar-refractivity contribution in [3.8, 4) is 23.0 Å². The number of benzene rings is 3. The maximum atomic E-state index is 14.6. The number of methoxy groups -OCH3 is 4. The fourth-order valence-electron chi connectivity index (χ4n) is 3.39. The number of rotatable bonds is 10. The Morgan fingerprint density at radius 1 is 0.735 bits per heavy atom. The van der Waals surface area contributed by atoms with E-state index in [0.717, 1.165) is 22.5 Å². The molecule has 0 amide bonds. The lowest BCUT2D eigenvalue weighted by molar-refractivity contribution is 0.356. The molecule has 0 heterocycles. The Morgan fingerprint density at radius 3 is 1.68 bits per heavy atom. The van der Waals surface area contributed by atoms with Crippen molar-refractivity contribution >= 4 is 10.0 Å². The SMILES string of the molecule is COc1ccc(CN(Cc2ccc(OC)cc2OC)S(=O)(=O)c2cccc(F)c2F)c(OC)c1. The number of sulfonamides is 1. The van der Waals surface area contributed by atoms with Gasteiger partial charge in [0.1, 0.15) is 27.9 Å². The van der Waals surface area contributed by atoms with Crippen LogP contribution in [0.25, 0.3) is 0 Å². The quantitative estimate of drug-likeness (QED) is 0.417. The van der Waals surface area contributed by atoms with Crippen molar-refractivity contribution in [3.05, 3.63) is 77.4 Å². The molecule has 0 aromatic heterocycles. The van der Waals surface area contributed by atoms with Crippen LogP contribution in [0.4, 0.5) is 8.78 Å². The van der Waals surface area contributed by atoms with E-state index in [1.54, 1.807) is 36.4 Å². The van der Waals surface area contributed by atoms with Gasteiger partial charge in [0.05, 0.1) is 28.4 Å². The predicted octanol–water partition coefficient (Wildman–Crippen LogP) is 4.39. The van der Waals surface area contributed by atoms with E-state index >= 15 is 0 Å². The summed E-state index contributed by atoms with van der Waals surface area (Å²) in [5.41, 5.74) is 0.993. The van der Waals surface area contributed by atoms with Gasteiger partial charge in [-0.15, -0.1) is 0 Å². The van der Waals surface area contributed by atoms with Gasteiger partial charge in [0.15, 0.2) is 11.6 Å². The lowest BCUT2D eigenvalue weighted by Gasteiger charge is -2.25. The van der Waals surface area contributed by atoms with Gasteiger partial charge in [-0.1, -0.05) is 18.2 Å². The van der Waals surface area contributed by atoms with Gasteiger partial charge in [-0.25, -0.2) is 17.2 Å². The zero-order valence-corrected chi connectivity index (χ0v) is 20.0. The van der Waals surface area contributed by atoms with Crippen molar-refractivity contribution in [2.24, 2.45) is 0 Å². The fraction of sp³-hybridized carbons (Fsp3) is 0.250. The molecule has 182 valence electrons. The third-order valence-electron chi connectivity index (χ3n) is 5.22. The minimum atomic E-state index is -4.49. The number of ether oxygens (including phenoxy) is 4. The minimum absolute atomic E-state index is 0.194. The van der Waals surface area contributed by atoms with E-state index in [1.165, 1.54) is 28.4 Å². The standard InChI is InChI=1S/C24H25F2NO6S/c1-30-18-10-8-16(21(12-18)32-3)14-27(15-17-9-11-19(31-2)13-22(17)33-4)34(28,29)23-7-5-6-20(25)24(23)26/h5-13H,14-15H2,1-4H3. The van der Waals surface area contributed by atoms with Crippen molar-refractivity contribution in [1.82, 2.24) is 4.31 Å². The van der Waals surface area contributed by atoms with Crippen molar-refractivity contribution in [3.63, 3.8) is 0 Å². The molecule has 0 radical (unpaired) electrons. The third kappa shape index (κ3) is 5.23. The van der Waals surface area contributed by atoms with Crippen LogP contribution in [0.5, 0.6) is 23.0 Å². The summed E-state index contributed by atoms with van der Waals surface area (Å²) < 4.78 is 77.8. The normalized spacial score (nSPS) is 11.4. The van der Waals surface area contributed by atoms with Crippen LogP contribution < -0.4 is 18.9 Å². The van der Waals surface area contributed by atoms with Gasteiger partial charge in [0.25, 0.3) is 0 Å². The van der Waals surface area contributed by atoms with Crippen LogP contribution in [0.2, 0.25) is 0 Å². The summed E-state index contributed by atoms with van der Waals surface area (Å²) in [4.78, 5) is -0.771. The molecule has 0 aliphatic carbocycles. The highest BCUT2D eigenvalue weighted by atomic mass is 32.2. The molecule has 0 saturated heterocycles. The second-order valence-electron chi connectivity index (χ2n) is 7.18. The summed E-state index contributed by atoms with van der Waals surface area (Å²) in [5, 5.41) is 0. The Hall–Kier alpha value is -3.37. The van der Waals surface area contributed by atoms with E-state index in [-0.39, 0.29) is 13.1 Å². The molecule has 0 aliphatic rings. The molecule has 7 nitrogen and oxygen atoms in total. The topological polar surface area (TPSA) is 74.3 Å². The lowest BCUT2D eigenvalue weighted by atomic mass is 10.1. The molecule has 0 spiro atoms. The predicted molar refractivity (Wildman–Crippen MR) is 122 cm³/mol. The summed E-state index contributed by atoms with van der Waals surface area (Å²) in [7, 11) is 1.38. The van der Waals surface area contributed by atoms with Gasteiger partial charge in [0.2, 0.25) is 10.0 Å². The van der Waals surface area contributed by atoms with E-state index in [9.17, 15) is 17.2 Å². The molecule has 0 aliphatic heterocycles. The molecule has 0 unspecified atom stereocenters. The average molecular weight is 494 g/mol. The fourth-order valence-corrected chi connectivity index (χ4v) is 4.86. The molecular weight excluding hydrogens is 468 g/mol. The van der Waals surface area contributed by atoms with Gasteiger partial charge < -0.3 is 18.9 Å². The van der Waals surface area contributed by atoms with Crippen LogP contribution in [-0.2, 0) is 23.1 Å². The molecule has 3 aromatic rings. The molecular formula is C24H25F2NO6S. The summed E-state index contributed by atoms with van der Waals surface area (Å²) in [5.74, 6) is -0.922. The first kappa shape index (κ1) is 25.3. The zero-order valence-electron chi connectivity index (χ0n) is 19.2. The molecule has 0 bridgehead atoms. The first-order valence-electron chi connectivity index (χ1n) is 10.1. The first-order valence-corrected chi connectivity index (χ1v) is 11.5. The van der Waals surface area contributed by atoms with Gasteiger partial charge >= 0.3 is 0 Å². The Bertz CT molecular complexity index is 1210. The number of hydrogen-bond donors (Lipinski definition) is 0. The Kier molecular flexibility index (Phi) is 7.95. The molecule has 34 heavy (non-hydrogen) atoms. The van der Waals surface area contributed by atoms with Crippen molar-refractivity contribution in [2.45, 2.75) is 18.0 Å². The van der Waals surface area contributed by atoms with Gasteiger partial charge in [-0.2, -0.15) is 4.31 Å². The lowest BCUT2D eigenvalue weighted by Crippen LogP contribution is -2.31. The van der Waals surface area contributed by atoms with Gasteiger partial charge in [-0.05, 0) is 24.3 Å². The summed E-state index contributed by atoms with van der Waals surface area (Å²) >= 11 is 0. The Morgan fingerprint density at radius 2 is 1.24 bits per heavy atom. The molecule has 3 aromatic carbocycles. The number of halogens is 2. The maximum Gasteiger partial charge on any atom is 0.246 e. The van der Waals surface area contributed by atoms with Crippen molar-refractivity contribution in [2.75, 3.05) is 28.4 Å². The molecule has 3 rings (SSSR count). The molecule has 0 N–H and O–H groups in total. The van der Waals surface area contributed by atoms with Gasteiger partial charge in [-0.3, -0.25) is 0 Å². The monoisotopic (exact) mass is 493 g/mol.